The zero-order chi connectivity index (χ0) is 35.7. The number of hydrogen-bond donors (Lipinski definition) is 4. The van der Waals surface area contributed by atoms with Crippen LogP contribution in [0.3, 0.4) is 0 Å². The lowest BCUT2D eigenvalue weighted by Gasteiger charge is -2.35. The van der Waals surface area contributed by atoms with Crippen molar-refractivity contribution in [1.82, 2.24) is 15.0 Å². The number of aromatic nitrogens is 1. The monoisotopic (exact) mass is 682 g/mol. The molecule has 0 unspecified atom stereocenters. The van der Waals surface area contributed by atoms with E-state index in [-0.39, 0.29) is 43.3 Å². The first kappa shape index (κ1) is 37.1. The van der Waals surface area contributed by atoms with Gasteiger partial charge in [-0.05, 0) is 89.4 Å². The molecule has 2 heterocycles. The number of amides is 5. The summed E-state index contributed by atoms with van der Waals surface area (Å²) in [4.78, 5) is 43.4. The number of aliphatic hydroxyl groups is 1. The number of benzene rings is 2. The Balaban J connectivity index is 1.58. The molecule has 0 bridgehead atoms. The van der Waals surface area contributed by atoms with E-state index in [1.54, 1.807) is 50.9 Å². The fourth-order valence-corrected chi connectivity index (χ4v) is 5.51. The highest BCUT2D eigenvalue weighted by molar-refractivity contribution is 6.02. The van der Waals surface area contributed by atoms with Gasteiger partial charge in [0.05, 0.1) is 30.4 Å². The van der Waals surface area contributed by atoms with Crippen molar-refractivity contribution in [2.75, 3.05) is 49.3 Å². The van der Waals surface area contributed by atoms with Gasteiger partial charge in [0.25, 0.3) is 5.91 Å². The lowest BCUT2D eigenvalue weighted by molar-refractivity contribution is -0.0115. The minimum atomic E-state index is -0.578. The van der Waals surface area contributed by atoms with Crippen molar-refractivity contribution in [2.45, 2.75) is 72.1 Å². The normalized spacial score (nSPS) is 19.6. The van der Waals surface area contributed by atoms with Crippen LogP contribution >= 0.6 is 0 Å². The number of rotatable bonds is 7. The third-order valence-corrected chi connectivity index (χ3v) is 8.48. The first-order valence-electron chi connectivity index (χ1n) is 16.5. The molecule has 5 amide bonds. The highest BCUT2D eigenvalue weighted by atomic mass is 19.1. The molecule has 1 aliphatic heterocycles. The molecule has 0 fully saturated rings. The number of aryl methyl sites for hydroxylation is 2. The number of carbonyl (C=O) groups excluding carboxylic acids is 3. The molecule has 0 saturated carbocycles. The summed E-state index contributed by atoms with van der Waals surface area (Å²) in [7, 11) is 1.67. The summed E-state index contributed by atoms with van der Waals surface area (Å²) in [5.41, 5.74) is 2.03. The molecule has 4 N–H and O–H groups in total. The number of nitrogens with one attached hydrogen (secondary N) is 3. The molecule has 2 aromatic carbocycles. The molecule has 0 spiro atoms. The van der Waals surface area contributed by atoms with Crippen LogP contribution in [-0.2, 0) is 4.74 Å². The SMILES string of the molecule is Cc1noc(C)c1NC(=O)N(C)C[C@H]1OCCCC[C@H](C)Oc2ccc(NC(=O)Nc3ccc(F)cc3)cc2C(=O)N([C@@H](C)CO)C[C@@H]1C. The zero-order valence-corrected chi connectivity index (χ0v) is 28.9. The molecule has 1 aliphatic rings. The quantitative estimate of drug-likeness (QED) is 0.235. The van der Waals surface area contributed by atoms with Gasteiger partial charge in [-0.1, -0.05) is 12.1 Å². The van der Waals surface area contributed by atoms with Crippen LogP contribution < -0.4 is 20.7 Å². The summed E-state index contributed by atoms with van der Waals surface area (Å²) < 4.78 is 31.1. The molecule has 13 nitrogen and oxygen atoms in total. The second-order valence-electron chi connectivity index (χ2n) is 12.6. The predicted octanol–water partition coefficient (Wildman–Crippen LogP) is 6.03. The van der Waals surface area contributed by atoms with E-state index < -0.39 is 29.9 Å². The van der Waals surface area contributed by atoms with Crippen LogP contribution in [-0.4, -0.2) is 89.6 Å². The second-order valence-corrected chi connectivity index (χ2v) is 12.6. The molecular formula is C35H47FN6O7. The van der Waals surface area contributed by atoms with Gasteiger partial charge in [-0.15, -0.1) is 0 Å². The van der Waals surface area contributed by atoms with E-state index >= 15 is 0 Å². The average Bonchev–Trinajstić information content (AvgIpc) is 3.39. The van der Waals surface area contributed by atoms with Crippen molar-refractivity contribution >= 4 is 35.0 Å². The predicted molar refractivity (Wildman–Crippen MR) is 184 cm³/mol. The standard InChI is InChI=1S/C35H47FN6O7/c1-21-18-42(22(2)20-43)33(44)29-17-28(38-34(45)37-27-12-10-26(36)11-13-27)14-15-30(29)48-23(3)9-7-8-16-47-31(21)19-41(6)35(46)39-32-24(4)40-49-25(32)5/h10-15,17,21-23,31,43H,7-9,16,18-20H2,1-6H3,(H,39,46)(H2,37,38,45)/t21-,22-,23-,31+/m0/s1. The summed E-state index contributed by atoms with van der Waals surface area (Å²) in [6.07, 6.45) is 1.60. The molecule has 3 aromatic rings. The maximum absolute atomic E-state index is 14.3. The minimum Gasteiger partial charge on any atom is -0.490 e. The van der Waals surface area contributed by atoms with Crippen molar-refractivity contribution < 1.29 is 37.9 Å². The Kier molecular flexibility index (Phi) is 13.0. The average molecular weight is 683 g/mol. The van der Waals surface area contributed by atoms with Gasteiger partial charge in [-0.3, -0.25) is 4.79 Å². The number of aliphatic hydroxyl groups excluding tert-OH is 1. The number of anilines is 3. The largest absolute Gasteiger partial charge is 0.490 e. The van der Waals surface area contributed by atoms with Crippen LogP contribution in [0.25, 0.3) is 0 Å². The number of hydrogen-bond acceptors (Lipinski definition) is 8. The van der Waals surface area contributed by atoms with Crippen molar-refractivity contribution in [1.29, 1.82) is 0 Å². The molecule has 14 heteroatoms. The number of urea groups is 2. The van der Waals surface area contributed by atoms with E-state index in [0.717, 1.165) is 12.8 Å². The highest BCUT2D eigenvalue weighted by Crippen LogP contribution is 2.29. The topological polar surface area (TPSA) is 158 Å². The molecule has 4 rings (SSSR count). The van der Waals surface area contributed by atoms with E-state index in [2.05, 4.69) is 21.1 Å². The Bertz CT molecular complexity index is 1560. The molecule has 0 saturated heterocycles. The van der Waals surface area contributed by atoms with Gasteiger partial charge in [0, 0.05) is 44.0 Å². The second kappa shape index (κ2) is 17.1. The fourth-order valence-electron chi connectivity index (χ4n) is 5.51. The van der Waals surface area contributed by atoms with Crippen LogP contribution in [0.1, 0.15) is 61.8 Å². The molecule has 49 heavy (non-hydrogen) atoms. The Morgan fingerprint density at radius 3 is 2.45 bits per heavy atom. The van der Waals surface area contributed by atoms with Gasteiger partial charge in [0.15, 0.2) is 5.76 Å². The number of fused-ring (bicyclic) bond motifs is 1. The van der Waals surface area contributed by atoms with Crippen molar-refractivity contribution in [3.05, 3.63) is 65.3 Å². The molecule has 0 aliphatic carbocycles. The fraction of sp³-hybridized carbons (Fsp3) is 0.486. The maximum atomic E-state index is 14.3. The van der Waals surface area contributed by atoms with Gasteiger partial charge in [0.1, 0.15) is 22.9 Å². The zero-order valence-electron chi connectivity index (χ0n) is 28.9. The molecule has 4 atom stereocenters. The number of nitrogens with zero attached hydrogens (tertiary/aromatic N) is 3. The smallest absolute Gasteiger partial charge is 0.323 e. The molecule has 0 radical (unpaired) electrons. The summed E-state index contributed by atoms with van der Waals surface area (Å²) in [5.74, 6) is -0.242. The van der Waals surface area contributed by atoms with Crippen LogP contribution in [0.5, 0.6) is 5.75 Å². The van der Waals surface area contributed by atoms with E-state index in [1.165, 1.54) is 29.2 Å². The van der Waals surface area contributed by atoms with Crippen molar-refractivity contribution in [3.8, 4) is 5.75 Å². The summed E-state index contributed by atoms with van der Waals surface area (Å²) >= 11 is 0. The third kappa shape index (κ3) is 10.2. The Morgan fingerprint density at radius 1 is 1.08 bits per heavy atom. The lowest BCUT2D eigenvalue weighted by atomic mass is 10.0. The molecule has 266 valence electrons. The summed E-state index contributed by atoms with van der Waals surface area (Å²) in [5, 5.41) is 22.3. The maximum Gasteiger partial charge on any atom is 0.323 e. The van der Waals surface area contributed by atoms with Crippen LogP contribution in [0.15, 0.2) is 47.0 Å². The van der Waals surface area contributed by atoms with Crippen molar-refractivity contribution in [3.63, 3.8) is 0 Å². The Labute approximate surface area is 286 Å². The van der Waals surface area contributed by atoms with Gasteiger partial charge in [0.2, 0.25) is 0 Å². The lowest BCUT2D eigenvalue weighted by Crippen LogP contribution is -2.48. The Hall–Kier alpha value is -4.69. The molecular weight excluding hydrogens is 635 g/mol. The Morgan fingerprint density at radius 2 is 1.78 bits per heavy atom. The van der Waals surface area contributed by atoms with Gasteiger partial charge >= 0.3 is 12.1 Å². The highest BCUT2D eigenvalue weighted by Gasteiger charge is 2.31. The van der Waals surface area contributed by atoms with E-state index in [9.17, 15) is 23.9 Å². The van der Waals surface area contributed by atoms with Crippen molar-refractivity contribution in [2.24, 2.45) is 5.92 Å². The van der Waals surface area contributed by atoms with E-state index in [1.807, 2.05) is 13.8 Å². The minimum absolute atomic E-state index is 0.197. The van der Waals surface area contributed by atoms with Gasteiger partial charge in [-0.2, -0.15) is 0 Å². The number of ether oxygens (including phenoxy) is 2. The van der Waals surface area contributed by atoms with E-state index in [0.29, 0.717) is 47.3 Å². The first-order valence-corrected chi connectivity index (χ1v) is 16.5. The van der Waals surface area contributed by atoms with E-state index in [4.69, 9.17) is 14.0 Å². The third-order valence-electron chi connectivity index (χ3n) is 8.48. The van der Waals surface area contributed by atoms with Crippen LogP contribution in [0, 0.1) is 25.6 Å². The summed E-state index contributed by atoms with van der Waals surface area (Å²) in [6, 6.07) is 8.67. The number of likely N-dealkylation sites (N-methyl/N-ethyl adjacent to an activating group) is 1. The summed E-state index contributed by atoms with van der Waals surface area (Å²) in [6.45, 7) is 9.67. The number of halogens is 1. The first-order chi connectivity index (χ1) is 23.4. The molecule has 1 aromatic heterocycles. The van der Waals surface area contributed by atoms with Crippen LogP contribution in [0.2, 0.25) is 0 Å². The number of carbonyl (C=O) groups is 3. The van der Waals surface area contributed by atoms with Crippen LogP contribution in [0.4, 0.5) is 31.0 Å². The van der Waals surface area contributed by atoms with Gasteiger partial charge < -0.3 is 44.9 Å². The van der Waals surface area contributed by atoms with Gasteiger partial charge in [-0.25, -0.2) is 14.0 Å².